The molecular weight excluding hydrogens is 300 g/mol. The Hall–Kier alpha value is -2.59. The van der Waals surface area contributed by atoms with Gasteiger partial charge in [-0.1, -0.05) is 30.3 Å². The third kappa shape index (κ3) is 3.66. The van der Waals surface area contributed by atoms with E-state index < -0.39 is 0 Å². The molecule has 0 saturated heterocycles. The Kier molecular flexibility index (Phi) is 4.96. The number of methoxy groups -OCH3 is 1. The predicted octanol–water partition coefficient (Wildman–Crippen LogP) is 4.00. The molecule has 0 saturated carbocycles. The summed E-state index contributed by atoms with van der Waals surface area (Å²) in [5.74, 6) is 1.71. The van der Waals surface area contributed by atoms with Crippen molar-refractivity contribution in [2.75, 3.05) is 21.2 Å². The van der Waals surface area contributed by atoms with Crippen LogP contribution in [0.15, 0.2) is 59.3 Å². The van der Waals surface area contributed by atoms with E-state index in [2.05, 4.69) is 28.1 Å². The molecule has 0 radical (unpaired) electrons. The zero-order chi connectivity index (χ0) is 16.9. The fourth-order valence-electron chi connectivity index (χ4n) is 2.80. The second-order valence-electron chi connectivity index (χ2n) is 6.05. The summed E-state index contributed by atoms with van der Waals surface area (Å²) >= 11 is 0. The van der Waals surface area contributed by atoms with Gasteiger partial charge >= 0.3 is 0 Å². The minimum absolute atomic E-state index is 0.752. The van der Waals surface area contributed by atoms with Gasteiger partial charge in [0, 0.05) is 24.1 Å². The first kappa shape index (κ1) is 16.3. The summed E-state index contributed by atoms with van der Waals surface area (Å²) < 4.78 is 11.2. The molecule has 0 amide bonds. The quantitative estimate of drug-likeness (QED) is 0.687. The lowest BCUT2D eigenvalue weighted by Gasteiger charge is -2.14. The van der Waals surface area contributed by atoms with Gasteiger partial charge in [-0.3, -0.25) is 0 Å². The number of aromatic nitrogens is 1. The van der Waals surface area contributed by atoms with Crippen molar-refractivity contribution >= 4 is 0 Å². The second kappa shape index (κ2) is 7.32. The fraction of sp³-hybridized carbons (Fsp3) is 0.250. The largest absolute Gasteiger partial charge is 0.496 e. The van der Waals surface area contributed by atoms with Gasteiger partial charge in [0.25, 0.3) is 0 Å². The zero-order valence-corrected chi connectivity index (χ0v) is 14.3. The molecule has 2 aromatic carbocycles. The highest BCUT2D eigenvalue weighted by Crippen LogP contribution is 2.30. The molecule has 3 aromatic rings. The van der Waals surface area contributed by atoms with Crippen LogP contribution in [0, 0.1) is 0 Å². The molecule has 0 N–H and O–H groups in total. The normalized spacial score (nSPS) is 11.0. The van der Waals surface area contributed by atoms with E-state index in [1.807, 2.05) is 44.4 Å². The Morgan fingerprint density at radius 2 is 1.88 bits per heavy atom. The molecule has 1 aromatic heterocycles. The van der Waals surface area contributed by atoms with E-state index in [-0.39, 0.29) is 0 Å². The van der Waals surface area contributed by atoms with E-state index in [1.165, 1.54) is 12.0 Å². The standard InChI is InChI=1S/C20H22N2O2/c1-22(2)13-17-12-16(9-10-19(17)23-3)20-18(21-14-24-20)11-15-7-5-4-6-8-15/h4-10,12,14H,11,13H2,1-3H3. The highest BCUT2D eigenvalue weighted by molar-refractivity contribution is 5.63. The molecule has 0 unspecified atom stereocenters. The highest BCUT2D eigenvalue weighted by Gasteiger charge is 2.14. The van der Waals surface area contributed by atoms with Gasteiger partial charge in [-0.15, -0.1) is 0 Å². The van der Waals surface area contributed by atoms with Crippen molar-refractivity contribution < 1.29 is 9.15 Å². The van der Waals surface area contributed by atoms with Crippen LogP contribution in [0.5, 0.6) is 5.75 Å². The van der Waals surface area contributed by atoms with Crippen LogP contribution >= 0.6 is 0 Å². The monoisotopic (exact) mass is 322 g/mol. The molecule has 0 aliphatic rings. The van der Waals surface area contributed by atoms with E-state index in [0.29, 0.717) is 0 Å². The third-order valence-electron chi connectivity index (χ3n) is 3.88. The number of hydrogen-bond acceptors (Lipinski definition) is 4. The van der Waals surface area contributed by atoms with Crippen molar-refractivity contribution in [2.24, 2.45) is 0 Å². The maximum Gasteiger partial charge on any atom is 0.181 e. The molecule has 0 atom stereocenters. The molecule has 1 heterocycles. The van der Waals surface area contributed by atoms with Gasteiger partial charge in [0.05, 0.1) is 12.8 Å². The Bertz CT molecular complexity index is 794. The predicted molar refractivity (Wildman–Crippen MR) is 95.1 cm³/mol. The number of nitrogens with zero attached hydrogens (tertiary/aromatic N) is 2. The molecular formula is C20H22N2O2. The Morgan fingerprint density at radius 1 is 1.08 bits per heavy atom. The molecule has 3 rings (SSSR count). The maximum absolute atomic E-state index is 5.69. The molecule has 0 bridgehead atoms. The van der Waals surface area contributed by atoms with Crippen molar-refractivity contribution in [1.82, 2.24) is 9.88 Å². The number of oxazole rings is 1. The van der Waals surface area contributed by atoms with Crippen molar-refractivity contribution in [3.63, 3.8) is 0 Å². The van der Waals surface area contributed by atoms with E-state index in [9.17, 15) is 0 Å². The number of benzene rings is 2. The lowest BCUT2D eigenvalue weighted by molar-refractivity contribution is 0.372. The van der Waals surface area contributed by atoms with Crippen LogP contribution in [-0.2, 0) is 13.0 Å². The van der Waals surface area contributed by atoms with Gasteiger partial charge in [0.1, 0.15) is 5.75 Å². The first-order valence-corrected chi connectivity index (χ1v) is 7.95. The third-order valence-corrected chi connectivity index (χ3v) is 3.88. The van der Waals surface area contributed by atoms with Crippen molar-refractivity contribution in [1.29, 1.82) is 0 Å². The Labute approximate surface area is 142 Å². The number of hydrogen-bond donors (Lipinski definition) is 0. The van der Waals surface area contributed by atoms with Crippen LogP contribution in [0.25, 0.3) is 11.3 Å². The maximum atomic E-state index is 5.69. The van der Waals surface area contributed by atoms with E-state index in [4.69, 9.17) is 9.15 Å². The van der Waals surface area contributed by atoms with Gasteiger partial charge in [-0.2, -0.15) is 0 Å². The second-order valence-corrected chi connectivity index (χ2v) is 6.05. The molecule has 4 heteroatoms. The summed E-state index contributed by atoms with van der Waals surface area (Å²) in [5.41, 5.74) is 4.31. The summed E-state index contributed by atoms with van der Waals surface area (Å²) in [5, 5.41) is 0. The molecule has 0 spiro atoms. The lowest BCUT2D eigenvalue weighted by Crippen LogP contribution is -2.11. The highest BCUT2D eigenvalue weighted by atomic mass is 16.5. The SMILES string of the molecule is COc1ccc(-c2ocnc2Cc2ccccc2)cc1CN(C)C. The van der Waals surface area contributed by atoms with Crippen LogP contribution < -0.4 is 4.74 Å². The summed E-state index contributed by atoms with van der Waals surface area (Å²) in [6, 6.07) is 16.4. The molecule has 124 valence electrons. The summed E-state index contributed by atoms with van der Waals surface area (Å²) in [4.78, 5) is 6.53. The minimum atomic E-state index is 0.752. The molecule has 0 aliphatic carbocycles. The van der Waals surface area contributed by atoms with Gasteiger partial charge in [-0.05, 0) is 37.9 Å². The first-order chi connectivity index (χ1) is 11.7. The summed E-state index contributed by atoms with van der Waals surface area (Å²) in [7, 11) is 5.78. The minimum Gasteiger partial charge on any atom is -0.496 e. The summed E-state index contributed by atoms with van der Waals surface area (Å²) in [6.07, 6.45) is 2.27. The lowest BCUT2D eigenvalue weighted by atomic mass is 10.0. The van der Waals surface area contributed by atoms with Crippen molar-refractivity contribution in [3.05, 3.63) is 71.7 Å². The fourth-order valence-corrected chi connectivity index (χ4v) is 2.80. The van der Waals surface area contributed by atoms with Crippen LogP contribution in [0.3, 0.4) is 0 Å². The average Bonchev–Trinajstić information content (AvgIpc) is 3.03. The van der Waals surface area contributed by atoms with E-state index in [1.54, 1.807) is 7.11 Å². The number of rotatable bonds is 6. The Morgan fingerprint density at radius 3 is 2.58 bits per heavy atom. The van der Waals surface area contributed by atoms with E-state index >= 15 is 0 Å². The molecule has 0 fully saturated rings. The first-order valence-electron chi connectivity index (χ1n) is 7.95. The van der Waals surface area contributed by atoms with Crippen LogP contribution in [0.1, 0.15) is 16.8 Å². The number of ether oxygens (including phenoxy) is 1. The average molecular weight is 322 g/mol. The van der Waals surface area contributed by atoms with Crippen LogP contribution in [0.4, 0.5) is 0 Å². The van der Waals surface area contributed by atoms with Crippen LogP contribution in [0.2, 0.25) is 0 Å². The summed E-state index contributed by atoms with van der Waals surface area (Å²) in [6.45, 7) is 0.805. The molecule has 24 heavy (non-hydrogen) atoms. The van der Waals surface area contributed by atoms with Crippen LogP contribution in [-0.4, -0.2) is 31.1 Å². The molecule has 4 nitrogen and oxygen atoms in total. The van der Waals surface area contributed by atoms with Gasteiger partial charge in [0.2, 0.25) is 0 Å². The van der Waals surface area contributed by atoms with Gasteiger partial charge in [-0.25, -0.2) is 4.98 Å². The smallest absolute Gasteiger partial charge is 0.181 e. The van der Waals surface area contributed by atoms with E-state index in [0.717, 1.165) is 41.3 Å². The topological polar surface area (TPSA) is 38.5 Å². The van der Waals surface area contributed by atoms with Gasteiger partial charge < -0.3 is 14.1 Å². The van der Waals surface area contributed by atoms with Gasteiger partial charge in [0.15, 0.2) is 12.2 Å². The molecule has 0 aliphatic heterocycles. The Balaban J connectivity index is 1.94. The van der Waals surface area contributed by atoms with Crippen molar-refractivity contribution in [2.45, 2.75) is 13.0 Å². The zero-order valence-electron chi connectivity index (χ0n) is 14.3. The van der Waals surface area contributed by atoms with Crippen molar-refractivity contribution in [3.8, 4) is 17.1 Å².